The summed E-state index contributed by atoms with van der Waals surface area (Å²) < 4.78 is 5.58. The minimum absolute atomic E-state index is 0.317. The molecule has 1 aliphatic heterocycles. The van der Waals surface area contributed by atoms with Crippen molar-refractivity contribution in [1.29, 1.82) is 0 Å². The molecule has 0 aromatic heterocycles. The molecule has 0 radical (unpaired) electrons. The normalized spacial score (nSPS) is 56.7. The summed E-state index contributed by atoms with van der Waals surface area (Å²) in [6.07, 6.45) is 4.66. The van der Waals surface area contributed by atoms with E-state index in [1.165, 1.54) is 19.3 Å². The molecule has 1 aliphatic carbocycles. The van der Waals surface area contributed by atoms with E-state index in [-0.39, 0.29) is 0 Å². The average Bonchev–Trinajstić information content (AvgIpc) is 2.43. The average molecular weight is 126 g/mol. The Labute approximate surface area is 56.4 Å². The first-order valence-corrected chi connectivity index (χ1v) is 3.90. The summed E-state index contributed by atoms with van der Waals surface area (Å²) in [6.45, 7) is 4.54. The van der Waals surface area contributed by atoms with Gasteiger partial charge in [0.2, 0.25) is 0 Å². The molecular weight excluding hydrogens is 112 g/mol. The molecule has 1 heterocycles. The molecule has 2 fully saturated rings. The van der Waals surface area contributed by atoms with Crippen LogP contribution in [0.5, 0.6) is 0 Å². The lowest BCUT2D eigenvalue weighted by Crippen LogP contribution is -2.20. The highest BCUT2D eigenvalue weighted by Gasteiger charge is 2.56. The Morgan fingerprint density at radius 2 is 2.33 bits per heavy atom. The van der Waals surface area contributed by atoms with Gasteiger partial charge in [0, 0.05) is 0 Å². The Kier molecular flexibility index (Phi) is 0.963. The summed E-state index contributed by atoms with van der Waals surface area (Å²) in [4.78, 5) is 0. The fraction of sp³-hybridized carbons (Fsp3) is 1.00. The molecule has 0 spiro atoms. The minimum Gasteiger partial charge on any atom is -0.366 e. The van der Waals surface area contributed by atoms with Gasteiger partial charge in [-0.25, -0.2) is 0 Å². The lowest BCUT2D eigenvalue weighted by Gasteiger charge is -2.17. The van der Waals surface area contributed by atoms with Crippen LogP contribution in [-0.4, -0.2) is 11.7 Å². The highest BCUT2D eigenvalue weighted by Crippen LogP contribution is 2.49. The van der Waals surface area contributed by atoms with Crippen LogP contribution in [0.3, 0.4) is 0 Å². The quantitative estimate of drug-likeness (QED) is 0.452. The second-order valence-corrected chi connectivity index (χ2v) is 3.72. The number of hydrogen-bond acceptors (Lipinski definition) is 1. The van der Waals surface area contributed by atoms with Crippen LogP contribution in [0.25, 0.3) is 0 Å². The van der Waals surface area contributed by atoms with Crippen LogP contribution in [0.4, 0.5) is 0 Å². The van der Waals surface area contributed by atoms with Crippen LogP contribution in [0.2, 0.25) is 0 Å². The Bertz CT molecular complexity index is 133. The van der Waals surface area contributed by atoms with Gasteiger partial charge in [-0.1, -0.05) is 13.3 Å². The lowest BCUT2D eigenvalue weighted by molar-refractivity contribution is 0.300. The van der Waals surface area contributed by atoms with Gasteiger partial charge in [-0.2, -0.15) is 0 Å². The third kappa shape index (κ3) is 0.710. The van der Waals surface area contributed by atoms with Gasteiger partial charge in [0.1, 0.15) is 0 Å². The van der Waals surface area contributed by atoms with E-state index in [4.69, 9.17) is 4.74 Å². The van der Waals surface area contributed by atoms with Crippen molar-refractivity contribution < 1.29 is 4.74 Å². The van der Waals surface area contributed by atoms with Crippen LogP contribution in [-0.2, 0) is 4.74 Å². The topological polar surface area (TPSA) is 12.5 Å². The van der Waals surface area contributed by atoms with Gasteiger partial charge in [-0.05, 0) is 25.7 Å². The Morgan fingerprint density at radius 1 is 1.56 bits per heavy atom. The third-order valence-corrected chi connectivity index (χ3v) is 2.79. The Morgan fingerprint density at radius 3 is 2.89 bits per heavy atom. The predicted octanol–water partition coefficient (Wildman–Crippen LogP) is 1.96. The Hall–Kier alpha value is -0.0400. The standard InChI is InChI=1S/C8H14O/c1-6-4-3-5-8(2)7(6)9-8/h6-7H,3-5H2,1-2H3/t6-,7-,8+/m0/s1. The van der Waals surface area contributed by atoms with Crippen molar-refractivity contribution in [3.63, 3.8) is 0 Å². The monoisotopic (exact) mass is 126 g/mol. The number of epoxide rings is 1. The zero-order valence-electron chi connectivity index (χ0n) is 6.18. The van der Waals surface area contributed by atoms with Gasteiger partial charge in [-0.3, -0.25) is 0 Å². The van der Waals surface area contributed by atoms with Gasteiger partial charge in [0.05, 0.1) is 11.7 Å². The van der Waals surface area contributed by atoms with Crippen molar-refractivity contribution in [2.24, 2.45) is 5.92 Å². The molecule has 0 amide bonds. The van der Waals surface area contributed by atoms with Crippen LogP contribution in [0, 0.1) is 5.92 Å². The largest absolute Gasteiger partial charge is 0.366 e. The van der Waals surface area contributed by atoms with Gasteiger partial charge in [0.25, 0.3) is 0 Å². The fourth-order valence-corrected chi connectivity index (χ4v) is 2.10. The molecular formula is C8H14O. The molecule has 9 heavy (non-hydrogen) atoms. The van der Waals surface area contributed by atoms with Crippen LogP contribution >= 0.6 is 0 Å². The summed E-state index contributed by atoms with van der Waals surface area (Å²) >= 11 is 0. The first-order chi connectivity index (χ1) is 4.22. The van der Waals surface area contributed by atoms with E-state index in [1.807, 2.05) is 0 Å². The van der Waals surface area contributed by atoms with Gasteiger partial charge < -0.3 is 4.74 Å². The Balaban J connectivity index is 2.07. The minimum atomic E-state index is 0.317. The first-order valence-electron chi connectivity index (χ1n) is 3.90. The zero-order chi connectivity index (χ0) is 6.48. The van der Waals surface area contributed by atoms with Crippen molar-refractivity contribution in [3.8, 4) is 0 Å². The van der Waals surface area contributed by atoms with Gasteiger partial charge >= 0.3 is 0 Å². The molecule has 0 bridgehead atoms. The molecule has 1 saturated heterocycles. The van der Waals surface area contributed by atoms with Crippen molar-refractivity contribution in [2.45, 2.75) is 44.8 Å². The van der Waals surface area contributed by atoms with E-state index in [1.54, 1.807) is 0 Å². The van der Waals surface area contributed by atoms with E-state index in [9.17, 15) is 0 Å². The molecule has 1 nitrogen and oxygen atoms in total. The summed E-state index contributed by atoms with van der Waals surface area (Å²) in [7, 11) is 0. The fourth-order valence-electron chi connectivity index (χ4n) is 2.10. The first kappa shape index (κ1) is 5.72. The smallest absolute Gasteiger partial charge is 0.0923 e. The lowest BCUT2D eigenvalue weighted by atomic mass is 9.84. The predicted molar refractivity (Wildman–Crippen MR) is 36.3 cm³/mol. The molecule has 3 atom stereocenters. The number of rotatable bonds is 0. The molecule has 52 valence electrons. The number of ether oxygens (including phenoxy) is 1. The van der Waals surface area contributed by atoms with Crippen LogP contribution in [0.1, 0.15) is 33.1 Å². The van der Waals surface area contributed by atoms with Crippen molar-refractivity contribution >= 4 is 0 Å². The van der Waals surface area contributed by atoms with E-state index in [2.05, 4.69) is 13.8 Å². The maximum absolute atomic E-state index is 5.58. The van der Waals surface area contributed by atoms with E-state index < -0.39 is 0 Å². The van der Waals surface area contributed by atoms with Gasteiger partial charge in [-0.15, -0.1) is 0 Å². The van der Waals surface area contributed by atoms with Crippen LogP contribution in [0.15, 0.2) is 0 Å². The highest BCUT2D eigenvalue weighted by molar-refractivity contribution is 5.04. The summed E-state index contributed by atoms with van der Waals surface area (Å²) in [5.41, 5.74) is 0.317. The number of fused-ring (bicyclic) bond motifs is 1. The van der Waals surface area contributed by atoms with Crippen molar-refractivity contribution in [2.75, 3.05) is 0 Å². The maximum atomic E-state index is 5.58. The molecule has 0 unspecified atom stereocenters. The van der Waals surface area contributed by atoms with E-state index >= 15 is 0 Å². The highest BCUT2D eigenvalue weighted by atomic mass is 16.6. The summed E-state index contributed by atoms with van der Waals surface area (Å²) in [5, 5.41) is 0. The van der Waals surface area contributed by atoms with Gasteiger partial charge in [0.15, 0.2) is 0 Å². The third-order valence-electron chi connectivity index (χ3n) is 2.79. The molecule has 1 saturated carbocycles. The van der Waals surface area contributed by atoms with E-state index in [0.717, 1.165) is 5.92 Å². The summed E-state index contributed by atoms with van der Waals surface area (Å²) in [5.74, 6) is 0.823. The second-order valence-electron chi connectivity index (χ2n) is 3.72. The molecule has 0 N–H and O–H groups in total. The molecule has 1 heteroatoms. The molecule has 0 aromatic rings. The SMILES string of the molecule is C[C@H]1CCC[C@@]2(C)O[C@@H]12. The van der Waals surface area contributed by atoms with Crippen molar-refractivity contribution in [3.05, 3.63) is 0 Å². The molecule has 2 aliphatic rings. The number of hydrogen-bond donors (Lipinski definition) is 0. The summed E-state index contributed by atoms with van der Waals surface area (Å²) in [6, 6.07) is 0. The molecule has 2 rings (SSSR count). The van der Waals surface area contributed by atoms with Crippen molar-refractivity contribution in [1.82, 2.24) is 0 Å². The second kappa shape index (κ2) is 1.51. The molecule has 0 aromatic carbocycles. The maximum Gasteiger partial charge on any atom is 0.0923 e. The van der Waals surface area contributed by atoms with Crippen LogP contribution < -0.4 is 0 Å². The van der Waals surface area contributed by atoms with E-state index in [0.29, 0.717) is 11.7 Å². The zero-order valence-corrected chi connectivity index (χ0v) is 6.18.